The van der Waals surface area contributed by atoms with Gasteiger partial charge in [-0.25, -0.2) is 13.2 Å². The molecule has 24 heavy (non-hydrogen) atoms. The monoisotopic (exact) mass is 349 g/mol. The van der Waals surface area contributed by atoms with Crippen LogP contribution in [0.3, 0.4) is 0 Å². The van der Waals surface area contributed by atoms with Crippen LogP contribution >= 0.6 is 0 Å². The molecular formula is C18H23NO4S. The predicted octanol–water partition coefficient (Wildman–Crippen LogP) is 3.04. The van der Waals surface area contributed by atoms with Gasteiger partial charge in [0.05, 0.1) is 10.6 Å². The highest BCUT2D eigenvalue weighted by molar-refractivity contribution is 7.91. The summed E-state index contributed by atoms with van der Waals surface area (Å²) in [7, 11) is -3.08. The van der Waals surface area contributed by atoms with Gasteiger partial charge in [-0.2, -0.15) is 0 Å². The third-order valence-electron chi connectivity index (χ3n) is 4.27. The summed E-state index contributed by atoms with van der Waals surface area (Å²) in [6.45, 7) is 6.69. The lowest BCUT2D eigenvalue weighted by Gasteiger charge is -2.29. The van der Waals surface area contributed by atoms with Crippen molar-refractivity contribution in [1.82, 2.24) is 4.90 Å². The van der Waals surface area contributed by atoms with E-state index in [2.05, 4.69) is 0 Å². The lowest BCUT2D eigenvalue weighted by molar-refractivity contribution is 0.0270. The van der Waals surface area contributed by atoms with Crippen LogP contribution in [0.25, 0.3) is 5.57 Å². The minimum Gasteiger partial charge on any atom is -0.444 e. The van der Waals surface area contributed by atoms with Gasteiger partial charge in [-0.15, -0.1) is 0 Å². The highest BCUT2D eigenvalue weighted by atomic mass is 32.2. The molecular weight excluding hydrogens is 326 g/mol. The van der Waals surface area contributed by atoms with Crippen molar-refractivity contribution >= 4 is 21.5 Å². The minimum atomic E-state index is -3.08. The van der Waals surface area contributed by atoms with Crippen LogP contribution in [-0.2, 0) is 21.0 Å². The second-order valence-electron chi connectivity index (χ2n) is 7.30. The molecule has 5 nitrogen and oxygen atoms in total. The summed E-state index contributed by atoms with van der Waals surface area (Å²) < 4.78 is 29.2. The Morgan fingerprint density at radius 1 is 1.21 bits per heavy atom. The highest BCUT2D eigenvalue weighted by Crippen LogP contribution is 2.31. The Kier molecular flexibility index (Phi) is 4.20. The molecule has 0 N–H and O–H groups in total. The van der Waals surface area contributed by atoms with Crippen LogP contribution in [0, 0.1) is 0 Å². The van der Waals surface area contributed by atoms with Gasteiger partial charge in [0.1, 0.15) is 5.60 Å². The van der Waals surface area contributed by atoms with Crippen LogP contribution < -0.4 is 0 Å². The molecule has 130 valence electrons. The van der Waals surface area contributed by atoms with Crippen molar-refractivity contribution in [3.05, 3.63) is 35.4 Å². The fourth-order valence-electron chi connectivity index (χ4n) is 3.06. The van der Waals surface area contributed by atoms with E-state index in [1.807, 2.05) is 39.0 Å². The minimum absolute atomic E-state index is 0.206. The number of rotatable bonds is 1. The molecule has 2 aliphatic rings. The first-order chi connectivity index (χ1) is 11.2. The maximum absolute atomic E-state index is 12.1. The molecule has 1 amide bonds. The average molecular weight is 349 g/mol. The van der Waals surface area contributed by atoms with Crippen LogP contribution in [0.1, 0.15) is 38.3 Å². The standard InChI is InChI=1S/C18H23NO4S/c1-18(2,3)23-17(20)19-9-6-13(7-10-19)14-4-5-16-15(12-14)8-11-24(16,21)22/h4-6,12H,7-11H2,1-3H3. The third kappa shape index (κ3) is 3.48. The SMILES string of the molecule is CC(C)(C)OC(=O)N1CC=C(c2ccc3c(c2)CCS3(=O)=O)CC1. The molecule has 0 spiro atoms. The van der Waals surface area contributed by atoms with Gasteiger partial charge in [-0.1, -0.05) is 18.2 Å². The van der Waals surface area contributed by atoms with Crippen molar-refractivity contribution < 1.29 is 17.9 Å². The van der Waals surface area contributed by atoms with Gasteiger partial charge in [0.2, 0.25) is 0 Å². The molecule has 0 aliphatic carbocycles. The first-order valence-corrected chi connectivity index (χ1v) is 9.84. The number of sulfone groups is 1. The summed E-state index contributed by atoms with van der Waals surface area (Å²) in [4.78, 5) is 14.2. The number of carbonyl (C=O) groups is 1. The summed E-state index contributed by atoms with van der Waals surface area (Å²) in [5, 5.41) is 0. The number of hydrogen-bond donors (Lipinski definition) is 0. The molecule has 0 radical (unpaired) electrons. The molecule has 1 aromatic rings. The van der Waals surface area contributed by atoms with Crippen molar-refractivity contribution in [1.29, 1.82) is 0 Å². The second-order valence-corrected chi connectivity index (χ2v) is 9.37. The topological polar surface area (TPSA) is 63.7 Å². The van der Waals surface area contributed by atoms with Crippen LogP contribution in [-0.4, -0.2) is 43.9 Å². The van der Waals surface area contributed by atoms with Gasteiger partial charge in [-0.05, 0) is 56.4 Å². The molecule has 0 atom stereocenters. The van der Waals surface area contributed by atoms with Gasteiger partial charge >= 0.3 is 6.09 Å². The van der Waals surface area contributed by atoms with Gasteiger partial charge < -0.3 is 9.64 Å². The van der Waals surface area contributed by atoms with Gasteiger partial charge in [0.25, 0.3) is 0 Å². The molecule has 0 saturated heterocycles. The lowest BCUT2D eigenvalue weighted by Crippen LogP contribution is -2.39. The Labute approximate surface area is 143 Å². The van der Waals surface area contributed by atoms with E-state index in [1.165, 1.54) is 0 Å². The van der Waals surface area contributed by atoms with Crippen LogP contribution in [0.5, 0.6) is 0 Å². The van der Waals surface area contributed by atoms with Crippen molar-refractivity contribution in [2.45, 2.75) is 44.1 Å². The molecule has 0 bridgehead atoms. The van der Waals surface area contributed by atoms with Crippen molar-refractivity contribution in [2.24, 2.45) is 0 Å². The van der Waals surface area contributed by atoms with Crippen LogP contribution in [0.2, 0.25) is 0 Å². The summed E-state index contributed by atoms with van der Waals surface area (Å²) in [5.41, 5.74) is 2.62. The zero-order chi connectivity index (χ0) is 17.5. The van der Waals surface area contributed by atoms with E-state index in [0.717, 1.165) is 23.1 Å². The maximum Gasteiger partial charge on any atom is 0.410 e. The Morgan fingerprint density at radius 3 is 2.58 bits per heavy atom. The van der Waals surface area contributed by atoms with E-state index in [-0.39, 0.29) is 11.8 Å². The van der Waals surface area contributed by atoms with Crippen molar-refractivity contribution in [3.63, 3.8) is 0 Å². The quantitative estimate of drug-likeness (QED) is 0.782. The molecule has 0 aromatic heterocycles. The van der Waals surface area contributed by atoms with E-state index in [1.54, 1.807) is 11.0 Å². The number of carbonyl (C=O) groups excluding carboxylic acids is 1. The van der Waals surface area contributed by atoms with E-state index >= 15 is 0 Å². The van der Waals surface area contributed by atoms with E-state index in [4.69, 9.17) is 4.74 Å². The molecule has 3 rings (SSSR count). The fourth-order valence-corrected chi connectivity index (χ4v) is 4.60. The summed E-state index contributed by atoms with van der Waals surface area (Å²) in [6.07, 6.45) is 3.06. The zero-order valence-electron chi connectivity index (χ0n) is 14.3. The number of hydrogen-bond acceptors (Lipinski definition) is 4. The Hall–Kier alpha value is -1.82. The highest BCUT2D eigenvalue weighted by Gasteiger charge is 2.27. The number of aryl methyl sites for hydroxylation is 1. The predicted molar refractivity (Wildman–Crippen MR) is 92.6 cm³/mol. The van der Waals surface area contributed by atoms with Gasteiger partial charge in [-0.3, -0.25) is 0 Å². The van der Waals surface area contributed by atoms with E-state index in [0.29, 0.717) is 24.4 Å². The summed E-state index contributed by atoms with van der Waals surface area (Å²) >= 11 is 0. The van der Waals surface area contributed by atoms with Gasteiger partial charge in [0, 0.05) is 13.1 Å². The smallest absolute Gasteiger partial charge is 0.410 e. The number of amides is 1. The largest absolute Gasteiger partial charge is 0.444 e. The second kappa shape index (κ2) is 5.92. The van der Waals surface area contributed by atoms with E-state index in [9.17, 15) is 13.2 Å². The molecule has 6 heteroatoms. The number of benzene rings is 1. The molecule has 0 fully saturated rings. The number of fused-ring (bicyclic) bond motifs is 1. The normalized spacial score (nSPS) is 19.6. The Balaban J connectivity index is 1.73. The number of ether oxygens (including phenoxy) is 1. The molecule has 2 aliphatic heterocycles. The molecule has 1 aromatic carbocycles. The van der Waals surface area contributed by atoms with Crippen LogP contribution in [0.4, 0.5) is 4.79 Å². The maximum atomic E-state index is 12.1. The Morgan fingerprint density at radius 2 is 1.96 bits per heavy atom. The van der Waals surface area contributed by atoms with Crippen LogP contribution in [0.15, 0.2) is 29.2 Å². The Bertz CT molecular complexity index is 803. The average Bonchev–Trinajstić information content (AvgIpc) is 2.81. The first-order valence-electron chi connectivity index (χ1n) is 8.19. The molecule has 0 unspecified atom stereocenters. The molecule has 2 heterocycles. The van der Waals surface area contributed by atoms with Gasteiger partial charge in [0.15, 0.2) is 9.84 Å². The van der Waals surface area contributed by atoms with Crippen molar-refractivity contribution in [2.75, 3.05) is 18.8 Å². The number of nitrogens with zero attached hydrogens (tertiary/aromatic N) is 1. The third-order valence-corrected chi connectivity index (χ3v) is 6.08. The lowest BCUT2D eigenvalue weighted by atomic mass is 9.97. The van der Waals surface area contributed by atoms with Crippen molar-refractivity contribution in [3.8, 4) is 0 Å². The fraction of sp³-hybridized carbons (Fsp3) is 0.500. The molecule has 0 saturated carbocycles. The van der Waals surface area contributed by atoms with E-state index < -0.39 is 15.4 Å². The summed E-state index contributed by atoms with van der Waals surface area (Å²) in [5.74, 6) is 0.206. The zero-order valence-corrected chi connectivity index (χ0v) is 15.1. The summed E-state index contributed by atoms with van der Waals surface area (Å²) in [6, 6.07) is 5.57. The first kappa shape index (κ1) is 17.0.